The van der Waals surface area contributed by atoms with E-state index in [4.69, 9.17) is 10.3 Å². The van der Waals surface area contributed by atoms with Crippen molar-refractivity contribution in [3.05, 3.63) is 59.5 Å². The second-order valence-electron chi connectivity index (χ2n) is 4.66. The third kappa shape index (κ3) is 3.45. The third-order valence-corrected chi connectivity index (χ3v) is 3.32. The molecule has 0 spiro atoms. The maximum absolute atomic E-state index is 5.61. The van der Waals surface area contributed by atoms with E-state index in [1.54, 1.807) is 12.5 Å². The molecule has 18 heavy (non-hydrogen) atoms. The monoisotopic (exact) mass is 244 g/mol. The van der Waals surface area contributed by atoms with Crippen molar-refractivity contribution in [1.29, 1.82) is 0 Å². The van der Waals surface area contributed by atoms with E-state index in [9.17, 15) is 0 Å². The van der Waals surface area contributed by atoms with Crippen LogP contribution in [0.1, 0.15) is 23.1 Å². The van der Waals surface area contributed by atoms with Crippen LogP contribution in [0.25, 0.3) is 0 Å². The maximum atomic E-state index is 5.61. The van der Waals surface area contributed by atoms with Crippen molar-refractivity contribution in [2.24, 2.45) is 5.84 Å². The Balaban J connectivity index is 1.89. The average Bonchev–Trinajstić information content (AvgIpc) is 2.89. The molecule has 96 valence electrons. The molecule has 3 nitrogen and oxygen atoms in total. The van der Waals surface area contributed by atoms with Crippen molar-refractivity contribution >= 4 is 0 Å². The van der Waals surface area contributed by atoms with Crippen LogP contribution in [0.3, 0.4) is 0 Å². The molecule has 1 heterocycles. The van der Waals surface area contributed by atoms with E-state index in [1.807, 2.05) is 6.07 Å². The smallest absolute Gasteiger partial charge is 0.0935 e. The van der Waals surface area contributed by atoms with Crippen LogP contribution >= 0.6 is 0 Å². The molecule has 2 rings (SSSR count). The Morgan fingerprint density at radius 2 is 2.11 bits per heavy atom. The van der Waals surface area contributed by atoms with Crippen molar-refractivity contribution in [3.8, 4) is 0 Å². The van der Waals surface area contributed by atoms with Crippen LogP contribution in [0.5, 0.6) is 0 Å². The van der Waals surface area contributed by atoms with Crippen molar-refractivity contribution in [1.82, 2.24) is 5.43 Å². The lowest BCUT2D eigenvalue weighted by Crippen LogP contribution is -2.37. The molecular weight excluding hydrogens is 224 g/mol. The fourth-order valence-corrected chi connectivity index (χ4v) is 2.16. The first-order valence-corrected chi connectivity index (χ1v) is 6.31. The summed E-state index contributed by atoms with van der Waals surface area (Å²) in [6.45, 7) is 2.15. The fourth-order valence-electron chi connectivity index (χ4n) is 2.16. The summed E-state index contributed by atoms with van der Waals surface area (Å²) < 4.78 is 5.07. The van der Waals surface area contributed by atoms with E-state index in [0.717, 1.165) is 19.3 Å². The molecule has 1 unspecified atom stereocenters. The van der Waals surface area contributed by atoms with Crippen LogP contribution in [-0.4, -0.2) is 6.04 Å². The van der Waals surface area contributed by atoms with Crippen molar-refractivity contribution in [3.63, 3.8) is 0 Å². The van der Waals surface area contributed by atoms with Crippen LogP contribution < -0.4 is 11.3 Å². The summed E-state index contributed by atoms with van der Waals surface area (Å²) in [5.41, 5.74) is 6.81. The molecule has 0 aliphatic heterocycles. The number of hydrogen-bond donors (Lipinski definition) is 2. The zero-order valence-corrected chi connectivity index (χ0v) is 10.7. The summed E-state index contributed by atoms with van der Waals surface area (Å²) >= 11 is 0. The van der Waals surface area contributed by atoms with Crippen LogP contribution in [-0.2, 0) is 12.8 Å². The van der Waals surface area contributed by atoms with Gasteiger partial charge in [0.05, 0.1) is 12.5 Å². The van der Waals surface area contributed by atoms with Gasteiger partial charge < -0.3 is 4.42 Å². The van der Waals surface area contributed by atoms with Gasteiger partial charge in [-0.2, -0.15) is 0 Å². The van der Waals surface area contributed by atoms with Gasteiger partial charge in [-0.1, -0.05) is 24.3 Å². The minimum Gasteiger partial charge on any atom is -0.472 e. The topological polar surface area (TPSA) is 51.2 Å². The van der Waals surface area contributed by atoms with E-state index in [0.29, 0.717) is 0 Å². The molecule has 1 atom stereocenters. The molecule has 0 bridgehead atoms. The lowest BCUT2D eigenvalue weighted by Gasteiger charge is -2.15. The quantitative estimate of drug-likeness (QED) is 0.606. The number of hydrogen-bond acceptors (Lipinski definition) is 3. The average molecular weight is 244 g/mol. The number of furan rings is 1. The molecule has 3 heteroatoms. The predicted octanol–water partition coefficient (Wildman–Crippen LogP) is 2.60. The maximum Gasteiger partial charge on any atom is 0.0935 e. The van der Waals surface area contributed by atoms with Gasteiger partial charge in [-0.25, -0.2) is 0 Å². The van der Waals surface area contributed by atoms with Crippen LogP contribution in [0.2, 0.25) is 0 Å². The number of benzene rings is 1. The SMILES string of the molecule is Cc1ccccc1CCC(Cc1ccoc1)NN. The van der Waals surface area contributed by atoms with E-state index >= 15 is 0 Å². The van der Waals surface area contributed by atoms with E-state index in [2.05, 4.69) is 36.6 Å². The van der Waals surface area contributed by atoms with E-state index in [1.165, 1.54) is 16.7 Å². The minimum atomic E-state index is 0.280. The Labute approximate surface area is 108 Å². The highest BCUT2D eigenvalue weighted by Gasteiger charge is 2.09. The summed E-state index contributed by atoms with van der Waals surface area (Å²) in [7, 11) is 0. The largest absolute Gasteiger partial charge is 0.472 e. The van der Waals surface area contributed by atoms with E-state index in [-0.39, 0.29) is 6.04 Å². The van der Waals surface area contributed by atoms with Crippen molar-refractivity contribution < 1.29 is 4.42 Å². The van der Waals surface area contributed by atoms with Crippen LogP contribution in [0.15, 0.2) is 47.3 Å². The number of hydrazine groups is 1. The highest BCUT2D eigenvalue weighted by atomic mass is 16.3. The fraction of sp³-hybridized carbons (Fsp3) is 0.333. The van der Waals surface area contributed by atoms with Gasteiger partial charge in [-0.15, -0.1) is 0 Å². The molecule has 0 radical (unpaired) electrons. The lowest BCUT2D eigenvalue weighted by molar-refractivity contribution is 0.486. The number of rotatable bonds is 6. The van der Waals surface area contributed by atoms with Gasteiger partial charge in [0.1, 0.15) is 0 Å². The Morgan fingerprint density at radius 3 is 2.78 bits per heavy atom. The highest BCUT2D eigenvalue weighted by Crippen LogP contribution is 2.13. The van der Waals surface area contributed by atoms with Crippen molar-refractivity contribution in [2.45, 2.75) is 32.2 Å². The summed E-state index contributed by atoms with van der Waals surface area (Å²) in [4.78, 5) is 0. The molecule has 0 saturated heterocycles. The molecule has 1 aromatic heterocycles. The molecular formula is C15H20N2O. The number of nitrogens with two attached hydrogens (primary N) is 1. The van der Waals surface area contributed by atoms with E-state index < -0.39 is 0 Å². The zero-order valence-electron chi connectivity index (χ0n) is 10.7. The summed E-state index contributed by atoms with van der Waals surface area (Å²) in [5.74, 6) is 5.61. The molecule has 0 fully saturated rings. The number of aryl methyl sites for hydroxylation is 2. The number of nitrogens with one attached hydrogen (secondary N) is 1. The normalized spacial score (nSPS) is 12.6. The second kappa shape index (κ2) is 6.38. The summed E-state index contributed by atoms with van der Waals surface area (Å²) in [6.07, 6.45) is 6.44. The first-order chi connectivity index (χ1) is 8.79. The van der Waals surface area contributed by atoms with Gasteiger partial charge in [0.2, 0.25) is 0 Å². The molecule has 0 aliphatic carbocycles. The molecule has 3 N–H and O–H groups in total. The summed E-state index contributed by atoms with van der Waals surface area (Å²) in [5, 5.41) is 0. The third-order valence-electron chi connectivity index (χ3n) is 3.32. The summed E-state index contributed by atoms with van der Waals surface area (Å²) in [6, 6.07) is 10.8. The molecule has 1 aromatic carbocycles. The first kappa shape index (κ1) is 12.9. The standard InChI is InChI=1S/C15H20N2O/c1-12-4-2-3-5-14(12)6-7-15(17-16)10-13-8-9-18-11-13/h2-5,8-9,11,15,17H,6-7,10,16H2,1H3. The van der Waals surface area contributed by atoms with Gasteiger partial charge in [0, 0.05) is 6.04 Å². The Hall–Kier alpha value is -1.58. The zero-order chi connectivity index (χ0) is 12.8. The van der Waals surface area contributed by atoms with Crippen LogP contribution in [0.4, 0.5) is 0 Å². The van der Waals surface area contributed by atoms with Gasteiger partial charge in [-0.3, -0.25) is 11.3 Å². The highest BCUT2D eigenvalue weighted by molar-refractivity contribution is 5.25. The first-order valence-electron chi connectivity index (χ1n) is 6.31. The lowest BCUT2D eigenvalue weighted by atomic mass is 9.98. The second-order valence-corrected chi connectivity index (χ2v) is 4.66. The predicted molar refractivity (Wildman–Crippen MR) is 73.0 cm³/mol. The van der Waals surface area contributed by atoms with Crippen LogP contribution in [0, 0.1) is 6.92 Å². The Kier molecular flexibility index (Phi) is 4.56. The molecule has 0 amide bonds. The van der Waals surface area contributed by atoms with Gasteiger partial charge in [-0.05, 0) is 48.9 Å². The van der Waals surface area contributed by atoms with Gasteiger partial charge in [0.25, 0.3) is 0 Å². The molecule has 0 saturated carbocycles. The van der Waals surface area contributed by atoms with Gasteiger partial charge in [0.15, 0.2) is 0 Å². The molecule has 2 aromatic rings. The minimum absolute atomic E-state index is 0.280. The van der Waals surface area contributed by atoms with Crippen molar-refractivity contribution in [2.75, 3.05) is 0 Å². The molecule has 0 aliphatic rings. The Morgan fingerprint density at radius 1 is 1.28 bits per heavy atom. The van der Waals surface area contributed by atoms with Gasteiger partial charge >= 0.3 is 0 Å². The Bertz CT molecular complexity index is 465.